The fourth-order valence-corrected chi connectivity index (χ4v) is 2.75. The number of nitrogens with zero attached hydrogens (tertiary/aromatic N) is 4. The lowest BCUT2D eigenvalue weighted by molar-refractivity contribution is 0.355. The molecular weight excluding hydrogens is 306 g/mol. The summed E-state index contributed by atoms with van der Waals surface area (Å²) in [5.41, 5.74) is 7.80. The second kappa shape index (κ2) is 5.38. The van der Waals surface area contributed by atoms with Crippen molar-refractivity contribution in [3.8, 4) is 17.3 Å². The molecule has 0 amide bonds. The van der Waals surface area contributed by atoms with E-state index >= 15 is 0 Å². The number of fused-ring (bicyclic) bond motifs is 2. The molecular formula is C17H15N5O2. The molecule has 2 N–H and O–H groups in total. The molecule has 24 heavy (non-hydrogen) atoms. The number of nitrogens with two attached hydrogens (primary N) is 1. The first-order valence-corrected chi connectivity index (χ1v) is 7.33. The Bertz CT molecular complexity index is 1060. The van der Waals surface area contributed by atoms with Crippen LogP contribution in [-0.4, -0.2) is 34.0 Å². The van der Waals surface area contributed by atoms with E-state index < -0.39 is 0 Å². The van der Waals surface area contributed by atoms with Crippen LogP contribution >= 0.6 is 0 Å². The SMILES string of the molecule is COc1cc2ncnc(-n3nc4ccccc4c3N)c2cc1OC. The first kappa shape index (κ1) is 14.3. The maximum atomic E-state index is 6.27. The molecule has 2 heterocycles. The van der Waals surface area contributed by atoms with E-state index in [1.54, 1.807) is 25.0 Å². The predicted molar refractivity (Wildman–Crippen MR) is 91.7 cm³/mol. The van der Waals surface area contributed by atoms with E-state index in [1.165, 1.54) is 6.33 Å². The summed E-state index contributed by atoms with van der Waals surface area (Å²) in [5.74, 6) is 2.32. The Morgan fingerprint density at radius 2 is 1.67 bits per heavy atom. The topological polar surface area (TPSA) is 88.1 Å². The van der Waals surface area contributed by atoms with Crippen molar-refractivity contribution in [2.75, 3.05) is 20.0 Å². The second-order valence-electron chi connectivity index (χ2n) is 5.24. The van der Waals surface area contributed by atoms with Gasteiger partial charge in [-0.1, -0.05) is 12.1 Å². The molecule has 0 bridgehead atoms. The summed E-state index contributed by atoms with van der Waals surface area (Å²) < 4.78 is 12.3. The van der Waals surface area contributed by atoms with E-state index in [-0.39, 0.29) is 0 Å². The van der Waals surface area contributed by atoms with Crippen LogP contribution in [0.3, 0.4) is 0 Å². The summed E-state index contributed by atoms with van der Waals surface area (Å²) in [5, 5.41) is 6.21. The summed E-state index contributed by atoms with van der Waals surface area (Å²) in [6.07, 6.45) is 1.48. The molecule has 7 heteroatoms. The van der Waals surface area contributed by atoms with Crippen molar-refractivity contribution in [3.05, 3.63) is 42.7 Å². The highest BCUT2D eigenvalue weighted by atomic mass is 16.5. The van der Waals surface area contributed by atoms with Crippen molar-refractivity contribution >= 4 is 27.6 Å². The summed E-state index contributed by atoms with van der Waals surface area (Å²) in [7, 11) is 3.17. The monoisotopic (exact) mass is 321 g/mol. The van der Waals surface area contributed by atoms with E-state index in [0.717, 1.165) is 21.8 Å². The first-order chi connectivity index (χ1) is 11.7. The maximum Gasteiger partial charge on any atom is 0.167 e. The third-order valence-corrected chi connectivity index (χ3v) is 3.94. The van der Waals surface area contributed by atoms with Gasteiger partial charge in [0.15, 0.2) is 17.3 Å². The smallest absolute Gasteiger partial charge is 0.167 e. The Balaban J connectivity index is 2.03. The molecule has 0 aliphatic carbocycles. The van der Waals surface area contributed by atoms with Crippen LogP contribution < -0.4 is 15.2 Å². The number of hydrogen-bond donors (Lipinski definition) is 1. The van der Waals surface area contributed by atoms with Crippen LogP contribution in [0.5, 0.6) is 11.5 Å². The van der Waals surface area contributed by atoms with Crippen LogP contribution in [0.1, 0.15) is 0 Å². The van der Waals surface area contributed by atoms with Crippen molar-refractivity contribution in [3.63, 3.8) is 0 Å². The fraction of sp³-hybridized carbons (Fsp3) is 0.118. The van der Waals surface area contributed by atoms with Crippen LogP contribution in [-0.2, 0) is 0 Å². The van der Waals surface area contributed by atoms with Crippen LogP contribution in [0.25, 0.3) is 27.6 Å². The number of anilines is 1. The summed E-state index contributed by atoms with van der Waals surface area (Å²) in [4.78, 5) is 8.68. The van der Waals surface area contributed by atoms with Crippen LogP contribution in [0.4, 0.5) is 5.82 Å². The average Bonchev–Trinajstić information content (AvgIpc) is 2.97. The maximum absolute atomic E-state index is 6.27. The minimum absolute atomic E-state index is 0.528. The zero-order valence-electron chi connectivity index (χ0n) is 13.2. The average molecular weight is 321 g/mol. The van der Waals surface area contributed by atoms with E-state index in [4.69, 9.17) is 15.2 Å². The number of rotatable bonds is 3. The van der Waals surface area contributed by atoms with Gasteiger partial charge in [-0.15, -0.1) is 0 Å². The zero-order chi connectivity index (χ0) is 16.7. The van der Waals surface area contributed by atoms with Gasteiger partial charge >= 0.3 is 0 Å². The molecule has 120 valence electrons. The van der Waals surface area contributed by atoms with Gasteiger partial charge in [0.25, 0.3) is 0 Å². The normalized spacial score (nSPS) is 11.1. The Morgan fingerprint density at radius 1 is 0.917 bits per heavy atom. The van der Waals surface area contributed by atoms with Gasteiger partial charge in [0.05, 0.1) is 25.3 Å². The molecule has 0 atom stereocenters. The van der Waals surface area contributed by atoms with Crippen LogP contribution in [0.2, 0.25) is 0 Å². The molecule has 0 aliphatic rings. The van der Waals surface area contributed by atoms with Gasteiger partial charge < -0.3 is 15.2 Å². The first-order valence-electron chi connectivity index (χ1n) is 7.33. The Hall–Kier alpha value is -3.35. The molecule has 2 aromatic heterocycles. The van der Waals surface area contributed by atoms with Crippen LogP contribution in [0, 0.1) is 0 Å². The lowest BCUT2D eigenvalue weighted by Gasteiger charge is -2.11. The van der Waals surface area contributed by atoms with Gasteiger partial charge in [0.2, 0.25) is 0 Å². The largest absolute Gasteiger partial charge is 0.493 e. The van der Waals surface area contributed by atoms with E-state index in [9.17, 15) is 0 Å². The highest BCUT2D eigenvalue weighted by Gasteiger charge is 2.16. The number of aromatic nitrogens is 4. The van der Waals surface area contributed by atoms with Crippen molar-refractivity contribution in [1.82, 2.24) is 19.7 Å². The zero-order valence-corrected chi connectivity index (χ0v) is 13.2. The minimum atomic E-state index is 0.528. The third-order valence-electron chi connectivity index (χ3n) is 3.94. The molecule has 0 unspecified atom stereocenters. The summed E-state index contributed by atoms with van der Waals surface area (Å²) >= 11 is 0. The lowest BCUT2D eigenvalue weighted by Crippen LogP contribution is -2.05. The number of nitrogen functional groups attached to an aromatic ring is 1. The summed E-state index contributed by atoms with van der Waals surface area (Å²) in [6, 6.07) is 11.3. The highest BCUT2D eigenvalue weighted by Crippen LogP contribution is 2.34. The molecule has 0 spiro atoms. The molecule has 0 fully saturated rings. The quantitative estimate of drug-likeness (QED) is 0.624. The van der Waals surface area contributed by atoms with Gasteiger partial charge in [-0.2, -0.15) is 9.78 Å². The van der Waals surface area contributed by atoms with Gasteiger partial charge in [0.1, 0.15) is 12.1 Å². The number of hydrogen-bond acceptors (Lipinski definition) is 6. The molecule has 0 saturated heterocycles. The van der Waals surface area contributed by atoms with Gasteiger partial charge in [-0.05, 0) is 18.2 Å². The third kappa shape index (κ3) is 2.02. The van der Waals surface area contributed by atoms with Crippen molar-refractivity contribution in [2.45, 2.75) is 0 Å². The van der Waals surface area contributed by atoms with Crippen molar-refractivity contribution in [2.24, 2.45) is 0 Å². The molecule has 0 aliphatic heterocycles. The van der Waals surface area contributed by atoms with Crippen molar-refractivity contribution in [1.29, 1.82) is 0 Å². The molecule has 0 radical (unpaired) electrons. The lowest BCUT2D eigenvalue weighted by atomic mass is 10.2. The number of benzene rings is 2. The van der Waals surface area contributed by atoms with E-state index in [1.807, 2.05) is 30.3 Å². The van der Waals surface area contributed by atoms with Gasteiger partial charge in [-0.3, -0.25) is 0 Å². The molecule has 2 aromatic carbocycles. The highest BCUT2D eigenvalue weighted by molar-refractivity contribution is 5.93. The van der Waals surface area contributed by atoms with Crippen molar-refractivity contribution < 1.29 is 9.47 Å². The predicted octanol–water partition coefficient (Wildman–Crippen LogP) is 2.57. The molecule has 4 aromatic rings. The fourth-order valence-electron chi connectivity index (χ4n) is 2.75. The molecule has 4 rings (SSSR count). The van der Waals surface area contributed by atoms with Gasteiger partial charge in [0, 0.05) is 16.8 Å². The van der Waals surface area contributed by atoms with E-state index in [2.05, 4.69) is 15.1 Å². The number of methoxy groups -OCH3 is 2. The standard InChI is InChI=1S/C17H15N5O2/c1-23-14-7-11-13(8-15(14)24-2)19-9-20-17(11)22-16(18)10-5-3-4-6-12(10)21-22/h3-9H,18H2,1-2H3. The van der Waals surface area contributed by atoms with E-state index in [0.29, 0.717) is 23.1 Å². The Kier molecular flexibility index (Phi) is 3.19. The Morgan fingerprint density at radius 3 is 2.42 bits per heavy atom. The minimum Gasteiger partial charge on any atom is -0.493 e. The van der Waals surface area contributed by atoms with Gasteiger partial charge in [-0.25, -0.2) is 9.97 Å². The van der Waals surface area contributed by atoms with Crippen LogP contribution in [0.15, 0.2) is 42.7 Å². The molecule has 7 nitrogen and oxygen atoms in total. The second-order valence-corrected chi connectivity index (χ2v) is 5.24. The Labute approximate surface area is 137 Å². The summed E-state index contributed by atoms with van der Waals surface area (Å²) in [6.45, 7) is 0. The number of ether oxygens (including phenoxy) is 2. The molecule has 0 saturated carbocycles.